The van der Waals surface area contributed by atoms with Crippen LogP contribution in [0, 0.1) is 0 Å². The summed E-state index contributed by atoms with van der Waals surface area (Å²) in [6.07, 6.45) is 5.84. The number of methoxy groups -OCH3 is 2. The molecule has 0 spiro atoms. The van der Waals surface area contributed by atoms with E-state index in [0.29, 0.717) is 5.75 Å². The highest BCUT2D eigenvalue weighted by Gasteiger charge is 2.37. The van der Waals surface area contributed by atoms with Gasteiger partial charge in [-0.1, -0.05) is 67.4 Å². The van der Waals surface area contributed by atoms with Crippen molar-refractivity contribution in [3.8, 4) is 17.2 Å². The van der Waals surface area contributed by atoms with E-state index in [1.54, 1.807) is 20.3 Å². The monoisotopic (exact) mass is 459 g/mol. The molecular weight excluding hydrogens is 422 g/mol. The molecule has 1 unspecified atom stereocenters. The van der Waals surface area contributed by atoms with Gasteiger partial charge in [-0.15, -0.1) is 0 Å². The number of benzene rings is 3. The van der Waals surface area contributed by atoms with Crippen LogP contribution in [0.4, 0.5) is 0 Å². The van der Waals surface area contributed by atoms with Crippen LogP contribution in [0.3, 0.4) is 0 Å². The van der Waals surface area contributed by atoms with E-state index in [2.05, 4.69) is 54.4 Å². The molecule has 0 aliphatic heterocycles. The molecule has 1 saturated carbocycles. The number of hydrogen-bond donors (Lipinski definition) is 1. The van der Waals surface area contributed by atoms with Gasteiger partial charge in [0.1, 0.15) is 5.75 Å². The number of phenols is 1. The van der Waals surface area contributed by atoms with E-state index >= 15 is 0 Å². The minimum atomic E-state index is 0.130. The lowest BCUT2D eigenvalue weighted by Crippen LogP contribution is -2.38. The molecule has 1 aliphatic carbocycles. The Hall–Kier alpha value is -2.98. The maximum atomic E-state index is 10.6. The average molecular weight is 460 g/mol. The Balaban J connectivity index is 1.53. The van der Waals surface area contributed by atoms with Crippen LogP contribution >= 0.6 is 0 Å². The summed E-state index contributed by atoms with van der Waals surface area (Å²) in [5.74, 6) is 2.11. The maximum absolute atomic E-state index is 10.6. The molecule has 34 heavy (non-hydrogen) atoms. The third-order valence-corrected chi connectivity index (χ3v) is 7.44. The molecule has 0 saturated heterocycles. The lowest BCUT2D eigenvalue weighted by molar-refractivity contribution is 0.239. The van der Waals surface area contributed by atoms with Gasteiger partial charge in [-0.2, -0.15) is 0 Å². The van der Waals surface area contributed by atoms with Gasteiger partial charge in [0, 0.05) is 23.4 Å². The fourth-order valence-electron chi connectivity index (χ4n) is 5.67. The van der Waals surface area contributed by atoms with Crippen molar-refractivity contribution < 1.29 is 14.6 Å². The Morgan fingerprint density at radius 3 is 2.24 bits per heavy atom. The molecule has 0 amide bonds. The highest BCUT2D eigenvalue weighted by atomic mass is 16.5. The molecule has 0 aromatic heterocycles. The number of phenolic OH excluding ortho intramolecular Hbond substituents is 1. The molecular formula is C30H37NO3. The zero-order valence-electron chi connectivity index (χ0n) is 20.7. The van der Waals surface area contributed by atoms with Gasteiger partial charge in [0.25, 0.3) is 0 Å². The van der Waals surface area contributed by atoms with Gasteiger partial charge >= 0.3 is 0 Å². The first kappa shape index (κ1) is 24.2. The molecule has 1 atom stereocenters. The second-order valence-corrected chi connectivity index (χ2v) is 9.61. The van der Waals surface area contributed by atoms with Crippen molar-refractivity contribution in [2.75, 3.05) is 34.4 Å². The molecule has 4 heteroatoms. The third kappa shape index (κ3) is 5.23. The number of para-hydroxylation sites is 1. The summed E-state index contributed by atoms with van der Waals surface area (Å²) in [5, 5.41) is 10.6. The van der Waals surface area contributed by atoms with Gasteiger partial charge < -0.3 is 19.5 Å². The van der Waals surface area contributed by atoms with E-state index in [1.807, 2.05) is 24.3 Å². The van der Waals surface area contributed by atoms with E-state index in [1.165, 1.54) is 36.8 Å². The van der Waals surface area contributed by atoms with Crippen LogP contribution in [0.2, 0.25) is 0 Å². The predicted octanol–water partition coefficient (Wildman–Crippen LogP) is 6.38. The summed E-state index contributed by atoms with van der Waals surface area (Å²) in [4.78, 5) is 2.47. The number of aromatic hydroxyl groups is 1. The number of rotatable bonds is 10. The molecule has 0 bridgehead atoms. The summed E-state index contributed by atoms with van der Waals surface area (Å²) < 4.78 is 11.1. The summed E-state index contributed by atoms with van der Waals surface area (Å²) in [7, 11) is 5.62. The highest BCUT2D eigenvalue weighted by molar-refractivity contribution is 5.46. The lowest BCUT2D eigenvalue weighted by Gasteiger charge is -2.35. The Morgan fingerprint density at radius 1 is 0.882 bits per heavy atom. The van der Waals surface area contributed by atoms with E-state index in [4.69, 9.17) is 9.47 Å². The van der Waals surface area contributed by atoms with Crippen LogP contribution in [0.15, 0.2) is 72.8 Å². The van der Waals surface area contributed by atoms with Crippen LogP contribution in [-0.2, 0) is 5.41 Å². The highest BCUT2D eigenvalue weighted by Crippen LogP contribution is 2.44. The molecule has 1 N–H and O–H groups in total. The van der Waals surface area contributed by atoms with Crippen molar-refractivity contribution in [2.45, 2.75) is 43.4 Å². The smallest absolute Gasteiger partial charge is 0.161 e. The molecule has 4 rings (SSSR count). The summed E-state index contributed by atoms with van der Waals surface area (Å²) in [6, 6.07) is 24.7. The maximum Gasteiger partial charge on any atom is 0.161 e. The van der Waals surface area contributed by atoms with Crippen LogP contribution in [0.25, 0.3) is 0 Å². The second-order valence-electron chi connectivity index (χ2n) is 9.61. The predicted molar refractivity (Wildman–Crippen MR) is 138 cm³/mol. The van der Waals surface area contributed by atoms with Gasteiger partial charge in [-0.25, -0.2) is 0 Å². The molecule has 180 valence electrons. The molecule has 0 heterocycles. The van der Waals surface area contributed by atoms with E-state index < -0.39 is 0 Å². The van der Waals surface area contributed by atoms with Gasteiger partial charge in [-0.05, 0) is 62.2 Å². The number of nitrogens with zero attached hydrogens (tertiary/aromatic N) is 1. The topological polar surface area (TPSA) is 41.9 Å². The molecule has 1 fully saturated rings. The first-order valence-corrected chi connectivity index (χ1v) is 12.3. The Kier molecular flexibility index (Phi) is 7.79. The number of ether oxygens (including phenoxy) is 2. The lowest BCUT2D eigenvalue weighted by atomic mass is 9.78. The summed E-state index contributed by atoms with van der Waals surface area (Å²) in [6.45, 7) is 1.95. The third-order valence-electron chi connectivity index (χ3n) is 7.44. The number of likely N-dealkylation sites (N-methyl/N-ethyl adjacent to an activating group) is 1. The quantitative estimate of drug-likeness (QED) is 0.382. The molecule has 3 aromatic carbocycles. The van der Waals surface area contributed by atoms with Crippen molar-refractivity contribution >= 4 is 0 Å². The zero-order chi connectivity index (χ0) is 24.0. The van der Waals surface area contributed by atoms with Crippen molar-refractivity contribution in [1.82, 2.24) is 4.90 Å². The fourth-order valence-corrected chi connectivity index (χ4v) is 5.67. The SMILES string of the molecule is COc1ccc(C2(CN(C)CCC(c3ccccc3)c3ccccc3O)CCCC2)cc1OC. The van der Waals surface area contributed by atoms with E-state index in [9.17, 15) is 5.11 Å². The van der Waals surface area contributed by atoms with Crippen LogP contribution in [-0.4, -0.2) is 44.4 Å². The Bertz CT molecular complexity index is 1060. The van der Waals surface area contributed by atoms with E-state index in [-0.39, 0.29) is 11.3 Å². The van der Waals surface area contributed by atoms with Crippen molar-refractivity contribution in [1.29, 1.82) is 0 Å². The second kappa shape index (κ2) is 11.0. The Labute approximate surface area is 204 Å². The van der Waals surface area contributed by atoms with Gasteiger partial charge in [0.2, 0.25) is 0 Å². The summed E-state index contributed by atoms with van der Waals surface area (Å²) >= 11 is 0. The molecule has 0 radical (unpaired) electrons. The van der Waals surface area contributed by atoms with Crippen LogP contribution < -0.4 is 9.47 Å². The summed E-state index contributed by atoms with van der Waals surface area (Å²) in [5.41, 5.74) is 3.71. The van der Waals surface area contributed by atoms with Crippen LogP contribution in [0.1, 0.15) is 54.7 Å². The van der Waals surface area contributed by atoms with Crippen molar-refractivity contribution in [3.63, 3.8) is 0 Å². The minimum absolute atomic E-state index is 0.130. The minimum Gasteiger partial charge on any atom is -0.508 e. The van der Waals surface area contributed by atoms with Gasteiger partial charge in [0.15, 0.2) is 11.5 Å². The molecule has 1 aliphatic rings. The van der Waals surface area contributed by atoms with Gasteiger partial charge in [0.05, 0.1) is 14.2 Å². The van der Waals surface area contributed by atoms with Crippen molar-refractivity contribution in [2.24, 2.45) is 0 Å². The molecule has 4 nitrogen and oxygen atoms in total. The average Bonchev–Trinajstić information content (AvgIpc) is 3.35. The first-order chi connectivity index (χ1) is 16.6. The number of hydrogen-bond acceptors (Lipinski definition) is 4. The largest absolute Gasteiger partial charge is 0.508 e. The van der Waals surface area contributed by atoms with E-state index in [0.717, 1.165) is 36.6 Å². The van der Waals surface area contributed by atoms with Crippen molar-refractivity contribution in [3.05, 3.63) is 89.5 Å². The normalized spacial score (nSPS) is 15.9. The van der Waals surface area contributed by atoms with Crippen LogP contribution in [0.5, 0.6) is 17.2 Å². The molecule has 3 aromatic rings. The van der Waals surface area contributed by atoms with Gasteiger partial charge in [-0.3, -0.25) is 0 Å². The Morgan fingerprint density at radius 2 is 1.56 bits per heavy atom. The fraction of sp³-hybridized carbons (Fsp3) is 0.400. The first-order valence-electron chi connectivity index (χ1n) is 12.3. The standard InChI is InChI=1S/C30H37NO3/c1-31(20-17-25(23-11-5-4-6-12-23)26-13-7-8-14-27(26)32)22-30(18-9-10-19-30)24-15-16-28(33-2)29(21-24)34-3/h4-8,11-16,21,25,32H,9-10,17-20,22H2,1-3H3. The zero-order valence-corrected chi connectivity index (χ0v) is 20.7.